The second-order valence-corrected chi connectivity index (χ2v) is 10.2. The molecule has 0 amide bonds. The van der Waals surface area contributed by atoms with E-state index in [9.17, 15) is 5.11 Å². The topological polar surface area (TPSA) is 117 Å². The molecule has 10 nitrogen and oxygen atoms in total. The van der Waals surface area contributed by atoms with E-state index in [1.54, 1.807) is 20.4 Å². The second-order valence-electron chi connectivity index (χ2n) is 10.2. The molecule has 3 rings (SSSR count). The number of methoxy groups -OCH3 is 2. The molecule has 38 heavy (non-hydrogen) atoms. The molecule has 0 spiro atoms. The Labute approximate surface area is 226 Å². The fourth-order valence-electron chi connectivity index (χ4n) is 4.12. The summed E-state index contributed by atoms with van der Waals surface area (Å²) in [6.45, 7) is 14.3. The summed E-state index contributed by atoms with van der Waals surface area (Å²) in [4.78, 5) is 16.4. The molecule has 3 aromatic rings. The Hall–Kier alpha value is -3.21. The van der Waals surface area contributed by atoms with Gasteiger partial charge in [0.15, 0.2) is 12.0 Å². The summed E-state index contributed by atoms with van der Waals surface area (Å²) >= 11 is 0. The van der Waals surface area contributed by atoms with E-state index in [0.29, 0.717) is 28.9 Å². The Morgan fingerprint density at radius 2 is 1.66 bits per heavy atom. The maximum absolute atomic E-state index is 10.7. The van der Waals surface area contributed by atoms with E-state index in [1.165, 1.54) is 0 Å². The molecular formula is C28H43N7O3. The molecule has 0 aliphatic rings. The summed E-state index contributed by atoms with van der Waals surface area (Å²) in [6, 6.07) is 7.56. The van der Waals surface area contributed by atoms with Crippen molar-refractivity contribution in [3.63, 3.8) is 0 Å². The summed E-state index contributed by atoms with van der Waals surface area (Å²) in [5.74, 6) is 2.30. The first-order chi connectivity index (χ1) is 18.1. The predicted octanol–water partition coefficient (Wildman–Crippen LogP) is 4.32. The van der Waals surface area contributed by atoms with E-state index < -0.39 is 6.35 Å². The number of unbranched alkanes of at least 4 members (excludes halogenated alkanes) is 1. The van der Waals surface area contributed by atoms with Gasteiger partial charge in [-0.25, -0.2) is 9.97 Å². The number of aliphatic hydroxyl groups is 1. The van der Waals surface area contributed by atoms with Gasteiger partial charge >= 0.3 is 0 Å². The molecule has 208 valence electrons. The zero-order valence-electron chi connectivity index (χ0n) is 23.8. The monoisotopic (exact) mass is 525 g/mol. The third kappa shape index (κ3) is 8.41. The van der Waals surface area contributed by atoms with E-state index in [0.717, 1.165) is 55.5 Å². The highest BCUT2D eigenvalue weighted by molar-refractivity contribution is 5.88. The summed E-state index contributed by atoms with van der Waals surface area (Å²) in [5, 5.41) is 21.0. The molecule has 1 unspecified atom stereocenters. The number of ether oxygens (including phenoxy) is 2. The minimum atomic E-state index is -1.03. The summed E-state index contributed by atoms with van der Waals surface area (Å²) in [6.07, 6.45) is 2.87. The van der Waals surface area contributed by atoms with Gasteiger partial charge in [-0.2, -0.15) is 4.98 Å². The summed E-state index contributed by atoms with van der Waals surface area (Å²) < 4.78 is 10.9. The lowest BCUT2D eigenvalue weighted by atomic mass is 10.0. The van der Waals surface area contributed by atoms with Crippen LogP contribution in [0, 0.1) is 0 Å². The molecular weight excluding hydrogens is 482 g/mol. The number of anilines is 2. The third-order valence-corrected chi connectivity index (χ3v) is 6.15. The number of hydrogen-bond donors (Lipinski definition) is 4. The normalized spacial score (nSPS) is 12.6. The number of nitrogens with one attached hydrogen (secondary N) is 3. The van der Waals surface area contributed by atoms with Crippen molar-refractivity contribution in [3.05, 3.63) is 30.5 Å². The molecule has 0 saturated carbocycles. The van der Waals surface area contributed by atoms with Gasteiger partial charge in [-0.15, -0.1) is 0 Å². The van der Waals surface area contributed by atoms with E-state index in [4.69, 9.17) is 14.5 Å². The van der Waals surface area contributed by atoms with Gasteiger partial charge in [0.2, 0.25) is 5.95 Å². The predicted molar refractivity (Wildman–Crippen MR) is 154 cm³/mol. The van der Waals surface area contributed by atoms with Crippen LogP contribution in [0.2, 0.25) is 0 Å². The van der Waals surface area contributed by atoms with Crippen LogP contribution in [0.5, 0.6) is 11.5 Å². The maximum atomic E-state index is 10.7. The first-order valence-corrected chi connectivity index (χ1v) is 13.3. The number of nitrogens with zero attached hydrogens (tertiary/aromatic N) is 4. The van der Waals surface area contributed by atoms with Crippen molar-refractivity contribution in [2.24, 2.45) is 0 Å². The van der Waals surface area contributed by atoms with Gasteiger partial charge in [-0.05, 0) is 77.0 Å². The Kier molecular flexibility index (Phi) is 10.5. The quantitative estimate of drug-likeness (QED) is 0.179. The van der Waals surface area contributed by atoms with Crippen molar-refractivity contribution in [3.8, 4) is 22.6 Å². The van der Waals surface area contributed by atoms with Gasteiger partial charge in [0.25, 0.3) is 0 Å². The van der Waals surface area contributed by atoms with Crippen LogP contribution in [0.25, 0.3) is 22.2 Å². The number of pyridine rings is 1. The molecule has 1 atom stereocenters. The van der Waals surface area contributed by atoms with E-state index in [2.05, 4.69) is 44.7 Å². The Balaban J connectivity index is 1.90. The number of aromatic nitrogens is 3. The molecule has 0 aliphatic carbocycles. The van der Waals surface area contributed by atoms with Crippen molar-refractivity contribution in [1.82, 2.24) is 25.2 Å². The lowest BCUT2D eigenvalue weighted by Gasteiger charge is -2.26. The van der Waals surface area contributed by atoms with Crippen LogP contribution in [0.3, 0.4) is 0 Å². The Morgan fingerprint density at radius 3 is 2.26 bits per heavy atom. The van der Waals surface area contributed by atoms with Crippen LogP contribution in [0.15, 0.2) is 30.5 Å². The number of fused-ring (bicyclic) bond motifs is 1. The lowest BCUT2D eigenvalue weighted by Crippen LogP contribution is -2.47. The van der Waals surface area contributed by atoms with Gasteiger partial charge < -0.3 is 30.1 Å². The Bertz CT molecular complexity index is 1160. The van der Waals surface area contributed by atoms with E-state index >= 15 is 0 Å². The van der Waals surface area contributed by atoms with E-state index in [1.807, 2.05) is 45.0 Å². The number of rotatable bonds is 14. The van der Waals surface area contributed by atoms with Crippen molar-refractivity contribution < 1.29 is 14.6 Å². The maximum Gasteiger partial charge on any atom is 0.224 e. The van der Waals surface area contributed by atoms with Gasteiger partial charge in [0, 0.05) is 35.3 Å². The molecule has 1 aromatic carbocycles. The first kappa shape index (κ1) is 29.3. The second kappa shape index (κ2) is 13.5. The molecule has 0 bridgehead atoms. The Morgan fingerprint density at radius 1 is 0.974 bits per heavy atom. The highest BCUT2D eigenvalue weighted by Crippen LogP contribution is 2.35. The molecule has 0 radical (unpaired) electrons. The fourth-order valence-corrected chi connectivity index (χ4v) is 4.12. The standard InChI is InChI=1S/C28H43N7O3/c1-8-35(9-2)13-11-10-12-29-26-30-18-20-16-23(19-14-21(37-6)17-22(15-19)38-7)25(31-24(20)32-26)33-27(36)34-28(3,4)5/h14-18,27,34,36H,8-13H2,1-7H3,(H2,29,30,31,32,33). The minimum absolute atomic E-state index is 0.312. The number of aliphatic hydroxyl groups excluding tert-OH is 1. The highest BCUT2D eigenvalue weighted by Gasteiger charge is 2.19. The molecule has 2 aromatic heterocycles. The molecule has 10 heteroatoms. The van der Waals surface area contributed by atoms with Gasteiger partial charge in [0.05, 0.1) is 14.2 Å². The van der Waals surface area contributed by atoms with Gasteiger partial charge in [-0.1, -0.05) is 13.8 Å². The van der Waals surface area contributed by atoms with E-state index in [-0.39, 0.29) is 5.54 Å². The molecule has 0 saturated heterocycles. The van der Waals surface area contributed by atoms with Gasteiger partial charge in [0.1, 0.15) is 17.3 Å². The molecule has 2 heterocycles. The smallest absolute Gasteiger partial charge is 0.224 e. The highest BCUT2D eigenvalue weighted by atomic mass is 16.5. The molecule has 0 fully saturated rings. The van der Waals surface area contributed by atoms with Crippen LogP contribution < -0.4 is 25.4 Å². The van der Waals surface area contributed by atoms with Crippen LogP contribution in [0.4, 0.5) is 11.8 Å². The summed E-state index contributed by atoms with van der Waals surface area (Å²) in [5.41, 5.74) is 1.78. The average molecular weight is 526 g/mol. The van der Waals surface area contributed by atoms with Crippen molar-refractivity contribution in [2.75, 3.05) is 51.0 Å². The zero-order chi connectivity index (χ0) is 27.7. The fraction of sp³-hybridized carbons (Fsp3) is 0.536. The van der Waals surface area contributed by atoms with Crippen molar-refractivity contribution >= 4 is 22.8 Å². The molecule has 0 aliphatic heterocycles. The summed E-state index contributed by atoms with van der Waals surface area (Å²) in [7, 11) is 3.22. The lowest BCUT2D eigenvalue weighted by molar-refractivity contribution is 0.131. The third-order valence-electron chi connectivity index (χ3n) is 6.15. The zero-order valence-corrected chi connectivity index (χ0v) is 23.8. The van der Waals surface area contributed by atoms with Crippen molar-refractivity contribution in [1.29, 1.82) is 0 Å². The van der Waals surface area contributed by atoms with Gasteiger partial charge in [-0.3, -0.25) is 5.32 Å². The van der Waals surface area contributed by atoms with Crippen LogP contribution in [-0.4, -0.2) is 77.2 Å². The number of benzene rings is 1. The van der Waals surface area contributed by atoms with Crippen LogP contribution >= 0.6 is 0 Å². The SMILES string of the molecule is CCN(CC)CCCCNc1ncc2cc(-c3cc(OC)cc(OC)c3)c(NC(O)NC(C)(C)C)nc2n1. The first-order valence-electron chi connectivity index (χ1n) is 13.3. The average Bonchev–Trinajstić information content (AvgIpc) is 2.88. The van der Waals surface area contributed by atoms with Crippen LogP contribution in [-0.2, 0) is 0 Å². The largest absolute Gasteiger partial charge is 0.497 e. The van der Waals surface area contributed by atoms with Crippen LogP contribution in [0.1, 0.15) is 47.5 Å². The minimum Gasteiger partial charge on any atom is -0.497 e. The van der Waals surface area contributed by atoms with Crippen molar-refractivity contribution in [2.45, 2.75) is 59.4 Å². The number of hydrogen-bond acceptors (Lipinski definition) is 10. The molecule has 4 N–H and O–H groups in total.